The minimum absolute atomic E-state index is 0.0558. The molecule has 0 unspecified atom stereocenters. The van der Waals surface area contributed by atoms with Gasteiger partial charge in [0.1, 0.15) is 5.76 Å². The molecule has 1 aliphatic rings. The first kappa shape index (κ1) is 18.1. The molecule has 1 aromatic carbocycles. The summed E-state index contributed by atoms with van der Waals surface area (Å²) in [5.74, 6) is 1.41. The molecule has 140 valence electrons. The predicted molar refractivity (Wildman–Crippen MR) is 106 cm³/mol. The Bertz CT molecular complexity index is 1030. The van der Waals surface area contributed by atoms with Crippen molar-refractivity contribution >= 4 is 34.8 Å². The average Bonchev–Trinajstić information content (AvgIpc) is 3.12. The van der Waals surface area contributed by atoms with Gasteiger partial charge in [0.15, 0.2) is 0 Å². The second-order valence-corrected chi connectivity index (χ2v) is 7.48. The van der Waals surface area contributed by atoms with E-state index < -0.39 is 0 Å². The van der Waals surface area contributed by atoms with Gasteiger partial charge in [-0.15, -0.1) is 0 Å². The smallest absolute Gasteiger partial charge is 0.259 e. The van der Waals surface area contributed by atoms with E-state index in [-0.39, 0.29) is 5.56 Å². The summed E-state index contributed by atoms with van der Waals surface area (Å²) in [7, 11) is 0. The van der Waals surface area contributed by atoms with Crippen molar-refractivity contribution < 1.29 is 4.42 Å². The molecule has 6 nitrogen and oxygen atoms in total. The van der Waals surface area contributed by atoms with Crippen LogP contribution in [0, 0.1) is 13.8 Å². The van der Waals surface area contributed by atoms with E-state index in [9.17, 15) is 4.79 Å². The minimum atomic E-state index is -0.0558. The number of aromatic nitrogens is 2. The molecule has 1 aliphatic heterocycles. The van der Waals surface area contributed by atoms with Crippen LogP contribution in [0.3, 0.4) is 0 Å². The number of hydrogen-bond donors (Lipinski definition) is 0. The van der Waals surface area contributed by atoms with Crippen LogP contribution in [-0.4, -0.2) is 21.1 Å². The quantitative estimate of drug-likeness (QED) is 0.650. The zero-order valence-electron chi connectivity index (χ0n) is 14.9. The van der Waals surface area contributed by atoms with E-state index in [0.29, 0.717) is 47.1 Å². The van der Waals surface area contributed by atoms with Gasteiger partial charge >= 0.3 is 0 Å². The number of nitrogens with zero attached hydrogens (tertiary/aromatic N) is 4. The highest BCUT2D eigenvalue weighted by atomic mass is 35.5. The Morgan fingerprint density at radius 1 is 1.15 bits per heavy atom. The monoisotopic (exact) mass is 404 g/mol. The summed E-state index contributed by atoms with van der Waals surface area (Å²) in [6, 6.07) is 9.07. The lowest BCUT2D eigenvalue weighted by Crippen LogP contribution is -2.47. The van der Waals surface area contributed by atoms with Gasteiger partial charge in [0, 0.05) is 27.0 Å². The summed E-state index contributed by atoms with van der Waals surface area (Å²) in [5, 5.41) is 1.05. The number of aryl methyl sites for hydroxylation is 1. The fourth-order valence-electron chi connectivity index (χ4n) is 3.20. The molecule has 0 aliphatic carbocycles. The van der Waals surface area contributed by atoms with Crippen LogP contribution in [0.5, 0.6) is 0 Å². The number of fused-ring (bicyclic) bond motifs is 1. The molecular formula is C19H18Cl2N4O2. The van der Waals surface area contributed by atoms with E-state index in [1.165, 1.54) is 0 Å². The van der Waals surface area contributed by atoms with E-state index in [1.807, 2.05) is 36.1 Å². The second-order valence-electron chi connectivity index (χ2n) is 6.60. The first-order chi connectivity index (χ1) is 12.9. The lowest BCUT2D eigenvalue weighted by atomic mass is 10.2. The standard InChI is InChI=1S/C19H18Cl2N4O2/c1-12-13(2)22-19-24(16-7-14(20)6-15(21)8-16)10-23(11-25(19)18(12)26)9-17-4-3-5-27-17/h3-8H,9-11H2,1-2H3. The Kier molecular flexibility index (Phi) is 4.72. The normalized spacial score (nSPS) is 14.4. The van der Waals surface area contributed by atoms with Crippen molar-refractivity contribution in [3.8, 4) is 0 Å². The van der Waals surface area contributed by atoms with Crippen molar-refractivity contribution in [2.45, 2.75) is 27.1 Å². The third kappa shape index (κ3) is 3.48. The van der Waals surface area contributed by atoms with Gasteiger partial charge in [-0.1, -0.05) is 23.2 Å². The number of halogens is 2. The molecule has 0 saturated carbocycles. The Labute approximate surface area is 166 Å². The van der Waals surface area contributed by atoms with Crippen LogP contribution in [0.15, 0.2) is 45.8 Å². The number of furan rings is 1. The van der Waals surface area contributed by atoms with E-state index in [0.717, 1.165) is 11.4 Å². The third-order valence-corrected chi connectivity index (χ3v) is 5.10. The average molecular weight is 405 g/mol. The molecule has 0 atom stereocenters. The second kappa shape index (κ2) is 7.03. The van der Waals surface area contributed by atoms with Gasteiger partial charge in [-0.25, -0.2) is 4.98 Å². The summed E-state index contributed by atoms with van der Waals surface area (Å²) >= 11 is 12.4. The van der Waals surface area contributed by atoms with Crippen LogP contribution in [0.2, 0.25) is 10.0 Å². The van der Waals surface area contributed by atoms with Crippen molar-refractivity contribution in [3.05, 3.63) is 74.0 Å². The first-order valence-electron chi connectivity index (χ1n) is 8.49. The maximum atomic E-state index is 12.9. The fourth-order valence-corrected chi connectivity index (χ4v) is 3.71. The topological polar surface area (TPSA) is 54.5 Å². The van der Waals surface area contributed by atoms with Gasteiger partial charge in [-0.2, -0.15) is 0 Å². The molecule has 0 radical (unpaired) electrons. The number of hydrogen-bond acceptors (Lipinski definition) is 5. The lowest BCUT2D eigenvalue weighted by molar-refractivity contribution is 0.176. The van der Waals surface area contributed by atoms with Gasteiger partial charge in [0.25, 0.3) is 5.56 Å². The van der Waals surface area contributed by atoms with Crippen LogP contribution < -0.4 is 10.5 Å². The van der Waals surface area contributed by atoms with Crippen molar-refractivity contribution in [3.63, 3.8) is 0 Å². The first-order valence-corrected chi connectivity index (χ1v) is 9.24. The van der Waals surface area contributed by atoms with E-state index in [1.54, 1.807) is 23.8 Å². The van der Waals surface area contributed by atoms with Gasteiger partial charge in [-0.3, -0.25) is 19.2 Å². The van der Waals surface area contributed by atoms with Gasteiger partial charge in [-0.05, 0) is 44.2 Å². The third-order valence-electron chi connectivity index (χ3n) is 4.66. The van der Waals surface area contributed by atoms with Crippen molar-refractivity contribution in [1.29, 1.82) is 0 Å². The van der Waals surface area contributed by atoms with Crippen LogP contribution in [0.25, 0.3) is 0 Å². The fraction of sp³-hybridized carbons (Fsp3) is 0.263. The Hall–Kier alpha value is -2.28. The lowest BCUT2D eigenvalue weighted by Gasteiger charge is -2.38. The molecule has 0 amide bonds. The zero-order chi connectivity index (χ0) is 19.1. The van der Waals surface area contributed by atoms with Gasteiger partial charge in [0.2, 0.25) is 5.95 Å². The molecule has 4 rings (SSSR count). The number of benzene rings is 1. The summed E-state index contributed by atoms with van der Waals surface area (Å²) in [6.45, 7) is 5.15. The van der Waals surface area contributed by atoms with E-state index in [4.69, 9.17) is 27.6 Å². The van der Waals surface area contributed by atoms with Crippen LogP contribution >= 0.6 is 23.2 Å². The molecule has 3 heterocycles. The number of anilines is 2. The van der Waals surface area contributed by atoms with Gasteiger partial charge in [0.05, 0.1) is 26.1 Å². The highest BCUT2D eigenvalue weighted by Crippen LogP contribution is 2.32. The molecule has 0 bridgehead atoms. The molecule has 0 N–H and O–H groups in total. The molecular weight excluding hydrogens is 387 g/mol. The molecule has 0 fully saturated rings. The Balaban J connectivity index is 1.82. The minimum Gasteiger partial charge on any atom is -0.468 e. The summed E-state index contributed by atoms with van der Waals surface area (Å²) in [5.41, 5.74) is 2.08. The summed E-state index contributed by atoms with van der Waals surface area (Å²) in [4.78, 5) is 21.6. The largest absolute Gasteiger partial charge is 0.468 e. The van der Waals surface area contributed by atoms with Crippen LogP contribution in [0.1, 0.15) is 17.0 Å². The van der Waals surface area contributed by atoms with Crippen LogP contribution in [-0.2, 0) is 13.2 Å². The van der Waals surface area contributed by atoms with E-state index in [2.05, 4.69) is 9.88 Å². The Morgan fingerprint density at radius 2 is 1.89 bits per heavy atom. The summed E-state index contributed by atoms with van der Waals surface area (Å²) < 4.78 is 7.14. The zero-order valence-corrected chi connectivity index (χ0v) is 16.5. The maximum absolute atomic E-state index is 12.9. The molecule has 3 aromatic rings. The van der Waals surface area contributed by atoms with Crippen molar-refractivity contribution in [2.24, 2.45) is 0 Å². The summed E-state index contributed by atoms with van der Waals surface area (Å²) in [6.07, 6.45) is 1.64. The maximum Gasteiger partial charge on any atom is 0.259 e. The highest BCUT2D eigenvalue weighted by molar-refractivity contribution is 6.35. The molecule has 8 heteroatoms. The predicted octanol–water partition coefficient (Wildman–Crippen LogP) is 4.33. The van der Waals surface area contributed by atoms with Crippen LogP contribution in [0.4, 0.5) is 11.6 Å². The van der Waals surface area contributed by atoms with E-state index >= 15 is 0 Å². The molecule has 0 spiro atoms. The highest BCUT2D eigenvalue weighted by Gasteiger charge is 2.28. The van der Waals surface area contributed by atoms with Gasteiger partial charge < -0.3 is 4.42 Å². The molecule has 27 heavy (non-hydrogen) atoms. The Morgan fingerprint density at radius 3 is 2.56 bits per heavy atom. The van der Waals surface area contributed by atoms with Crippen molar-refractivity contribution in [1.82, 2.24) is 14.5 Å². The molecule has 0 saturated heterocycles. The number of rotatable bonds is 3. The SMILES string of the molecule is Cc1nc2n(c(=O)c1C)CN(Cc1ccco1)CN2c1cc(Cl)cc(Cl)c1. The van der Waals surface area contributed by atoms with Crippen molar-refractivity contribution in [2.75, 3.05) is 11.6 Å². The molecule has 2 aromatic heterocycles.